The molecule has 0 radical (unpaired) electrons. The molecular formula is C13H18FN. The van der Waals surface area contributed by atoms with E-state index in [9.17, 15) is 4.39 Å². The number of halogens is 1. The summed E-state index contributed by atoms with van der Waals surface area (Å²) in [6.45, 7) is 0.266. The number of alkyl halides is 1. The van der Waals surface area contributed by atoms with Crippen molar-refractivity contribution in [1.29, 1.82) is 0 Å². The summed E-state index contributed by atoms with van der Waals surface area (Å²) in [4.78, 5) is 0. The van der Waals surface area contributed by atoms with Crippen molar-refractivity contribution in [2.24, 2.45) is 5.73 Å². The lowest BCUT2D eigenvalue weighted by molar-refractivity contribution is 0.428. The third kappa shape index (κ3) is 1.78. The van der Waals surface area contributed by atoms with Crippen LogP contribution in [0.15, 0.2) is 24.3 Å². The molecule has 0 aliphatic heterocycles. The van der Waals surface area contributed by atoms with Gasteiger partial charge in [-0.2, -0.15) is 0 Å². The van der Waals surface area contributed by atoms with Gasteiger partial charge in [-0.15, -0.1) is 0 Å². The maximum Gasteiger partial charge on any atom is 0.115 e. The molecular weight excluding hydrogens is 189 g/mol. The van der Waals surface area contributed by atoms with Gasteiger partial charge in [-0.25, -0.2) is 4.39 Å². The largest absolute Gasteiger partial charge is 0.330 e. The Hall–Kier alpha value is -0.890. The Labute approximate surface area is 90.5 Å². The molecule has 15 heavy (non-hydrogen) atoms. The smallest absolute Gasteiger partial charge is 0.115 e. The van der Waals surface area contributed by atoms with Gasteiger partial charge < -0.3 is 5.73 Å². The summed E-state index contributed by atoms with van der Waals surface area (Å²) in [5.41, 5.74) is 7.93. The third-order valence-electron chi connectivity index (χ3n) is 3.68. The van der Waals surface area contributed by atoms with Crippen LogP contribution in [0, 0.1) is 0 Å². The number of rotatable bonds is 3. The molecule has 0 heterocycles. The lowest BCUT2D eigenvalue weighted by atomic mass is 9.77. The summed E-state index contributed by atoms with van der Waals surface area (Å²) in [5.74, 6) is 0. The Kier molecular flexibility index (Phi) is 3.06. The molecule has 0 atom stereocenters. The number of hydrogen-bond donors (Lipinski definition) is 1. The number of hydrogen-bond acceptors (Lipinski definition) is 1. The van der Waals surface area contributed by atoms with Gasteiger partial charge in [0.2, 0.25) is 0 Å². The van der Waals surface area contributed by atoms with Gasteiger partial charge >= 0.3 is 0 Å². The second-order valence-corrected chi connectivity index (χ2v) is 4.48. The quantitative estimate of drug-likeness (QED) is 0.810. The molecule has 1 aromatic carbocycles. The number of benzene rings is 1. The molecule has 2 rings (SSSR count). The van der Waals surface area contributed by atoms with Gasteiger partial charge in [-0.1, -0.05) is 37.1 Å². The molecule has 1 aromatic rings. The molecule has 0 saturated heterocycles. The molecule has 0 bridgehead atoms. The van der Waals surface area contributed by atoms with Crippen molar-refractivity contribution >= 4 is 0 Å². The van der Waals surface area contributed by atoms with E-state index in [2.05, 4.69) is 0 Å². The van der Waals surface area contributed by atoms with Crippen LogP contribution in [0.3, 0.4) is 0 Å². The van der Waals surface area contributed by atoms with Crippen LogP contribution in [-0.4, -0.2) is 6.54 Å². The van der Waals surface area contributed by atoms with Crippen molar-refractivity contribution in [3.05, 3.63) is 35.4 Å². The van der Waals surface area contributed by atoms with E-state index >= 15 is 0 Å². The fourth-order valence-electron chi connectivity index (χ4n) is 2.79. The van der Waals surface area contributed by atoms with Crippen LogP contribution < -0.4 is 5.73 Å². The maximum atomic E-state index is 12.9. The second-order valence-electron chi connectivity index (χ2n) is 4.48. The van der Waals surface area contributed by atoms with E-state index in [1.807, 2.05) is 24.3 Å². The van der Waals surface area contributed by atoms with Gasteiger partial charge in [0.25, 0.3) is 0 Å². The van der Waals surface area contributed by atoms with E-state index in [-0.39, 0.29) is 12.1 Å². The van der Waals surface area contributed by atoms with Gasteiger partial charge in [-0.3, -0.25) is 0 Å². The Balaban J connectivity index is 2.41. The van der Waals surface area contributed by atoms with Crippen LogP contribution in [0.2, 0.25) is 0 Å². The summed E-state index contributed by atoms with van der Waals surface area (Å²) >= 11 is 0. The van der Waals surface area contributed by atoms with E-state index in [1.54, 1.807) is 0 Å². The minimum Gasteiger partial charge on any atom is -0.330 e. The van der Waals surface area contributed by atoms with Gasteiger partial charge in [0.15, 0.2) is 0 Å². The summed E-state index contributed by atoms with van der Waals surface area (Å²) < 4.78 is 12.9. The van der Waals surface area contributed by atoms with Gasteiger partial charge in [0.1, 0.15) is 6.67 Å². The predicted octanol–water partition coefficient (Wildman–Crippen LogP) is 2.93. The van der Waals surface area contributed by atoms with Crippen molar-refractivity contribution in [3.8, 4) is 0 Å². The Morgan fingerprint density at radius 3 is 2.47 bits per heavy atom. The van der Waals surface area contributed by atoms with E-state index in [0.717, 1.165) is 24.0 Å². The zero-order valence-corrected chi connectivity index (χ0v) is 9.01. The second kappa shape index (κ2) is 4.31. The molecule has 1 saturated carbocycles. The highest BCUT2D eigenvalue weighted by atomic mass is 19.1. The van der Waals surface area contributed by atoms with Crippen LogP contribution in [0.4, 0.5) is 4.39 Å². The van der Waals surface area contributed by atoms with Crippen LogP contribution in [-0.2, 0) is 12.1 Å². The summed E-state index contributed by atoms with van der Waals surface area (Å²) in [7, 11) is 0. The molecule has 1 aliphatic rings. The van der Waals surface area contributed by atoms with E-state index in [4.69, 9.17) is 5.73 Å². The molecule has 0 aromatic heterocycles. The van der Waals surface area contributed by atoms with E-state index in [0.29, 0.717) is 6.54 Å². The average Bonchev–Trinajstić information content (AvgIpc) is 2.79. The first-order valence-electron chi connectivity index (χ1n) is 5.67. The highest BCUT2D eigenvalue weighted by Crippen LogP contribution is 2.41. The standard InChI is InChI=1S/C13H18FN/c14-9-11-5-1-2-6-12(11)13(10-15)7-3-4-8-13/h1-2,5-6H,3-4,7-10,15H2. The molecule has 82 valence electrons. The van der Waals surface area contributed by atoms with Crippen LogP contribution in [0.1, 0.15) is 36.8 Å². The van der Waals surface area contributed by atoms with Crippen LogP contribution >= 0.6 is 0 Å². The molecule has 1 aliphatic carbocycles. The first-order valence-corrected chi connectivity index (χ1v) is 5.67. The average molecular weight is 207 g/mol. The van der Waals surface area contributed by atoms with Gasteiger partial charge in [0.05, 0.1) is 0 Å². The van der Waals surface area contributed by atoms with Crippen molar-refractivity contribution in [1.82, 2.24) is 0 Å². The molecule has 2 N–H and O–H groups in total. The van der Waals surface area contributed by atoms with Crippen LogP contribution in [0.5, 0.6) is 0 Å². The highest BCUT2D eigenvalue weighted by molar-refractivity contribution is 5.35. The first kappa shape index (κ1) is 10.6. The maximum absolute atomic E-state index is 12.9. The lowest BCUT2D eigenvalue weighted by Crippen LogP contribution is -2.33. The minimum absolute atomic E-state index is 0.0582. The number of nitrogens with two attached hydrogens (primary N) is 1. The molecule has 1 nitrogen and oxygen atoms in total. The first-order chi connectivity index (χ1) is 7.32. The lowest BCUT2D eigenvalue weighted by Gasteiger charge is -2.29. The Bertz CT molecular complexity index is 329. The Morgan fingerprint density at radius 2 is 1.87 bits per heavy atom. The molecule has 2 heteroatoms. The summed E-state index contributed by atoms with van der Waals surface area (Å²) in [5, 5.41) is 0. The monoisotopic (exact) mass is 207 g/mol. The topological polar surface area (TPSA) is 26.0 Å². The van der Waals surface area contributed by atoms with E-state index < -0.39 is 0 Å². The normalized spacial score (nSPS) is 19.3. The summed E-state index contributed by atoms with van der Waals surface area (Å²) in [6.07, 6.45) is 4.66. The van der Waals surface area contributed by atoms with Gasteiger partial charge in [-0.05, 0) is 24.0 Å². The zero-order valence-electron chi connectivity index (χ0n) is 9.01. The SMILES string of the molecule is NCC1(c2ccccc2CF)CCCC1. The predicted molar refractivity (Wildman–Crippen MR) is 60.5 cm³/mol. The minimum atomic E-state index is -0.377. The zero-order chi connectivity index (χ0) is 10.7. The van der Waals surface area contributed by atoms with Crippen molar-refractivity contribution in [2.45, 2.75) is 37.8 Å². The summed E-state index contributed by atoms with van der Waals surface area (Å²) in [6, 6.07) is 7.82. The molecule has 1 fully saturated rings. The fourth-order valence-corrected chi connectivity index (χ4v) is 2.79. The Morgan fingerprint density at radius 1 is 1.20 bits per heavy atom. The molecule has 0 amide bonds. The van der Waals surface area contributed by atoms with Gasteiger partial charge in [0, 0.05) is 12.0 Å². The third-order valence-corrected chi connectivity index (χ3v) is 3.68. The van der Waals surface area contributed by atoms with Crippen molar-refractivity contribution in [3.63, 3.8) is 0 Å². The fraction of sp³-hybridized carbons (Fsp3) is 0.538. The highest BCUT2D eigenvalue weighted by Gasteiger charge is 2.35. The van der Waals surface area contributed by atoms with Crippen LogP contribution in [0.25, 0.3) is 0 Å². The van der Waals surface area contributed by atoms with E-state index in [1.165, 1.54) is 12.8 Å². The van der Waals surface area contributed by atoms with Crippen molar-refractivity contribution < 1.29 is 4.39 Å². The molecule has 0 spiro atoms. The molecule has 0 unspecified atom stereocenters. The van der Waals surface area contributed by atoms with Crippen molar-refractivity contribution in [2.75, 3.05) is 6.54 Å².